The van der Waals surface area contributed by atoms with Crippen LogP contribution < -0.4 is 0 Å². The standard InChI is InChI=1S/C22H24N4O2S/c1-24(15-17-14-23-26(16-17)18-7-3-2-4-8-18)22(28)20-10-5-11-25(20)21(27)13-19-9-6-12-29-19/h2-4,6-9,12,14,16,20H,5,10-11,13,15H2,1H3. The Hall–Kier alpha value is -2.93. The van der Waals surface area contributed by atoms with Crippen molar-refractivity contribution in [2.45, 2.75) is 31.8 Å². The average Bonchev–Trinajstić information content (AvgIpc) is 3.49. The van der Waals surface area contributed by atoms with Gasteiger partial charge in [-0.05, 0) is 36.4 Å². The number of likely N-dealkylation sites (tertiary alicyclic amines) is 1. The number of amides is 2. The summed E-state index contributed by atoms with van der Waals surface area (Å²) in [5, 5.41) is 6.37. The second kappa shape index (κ2) is 8.61. The van der Waals surface area contributed by atoms with Crippen molar-refractivity contribution in [3.05, 3.63) is 70.7 Å². The maximum atomic E-state index is 13.1. The minimum Gasteiger partial charge on any atom is -0.340 e. The molecular formula is C22H24N4O2S. The highest BCUT2D eigenvalue weighted by molar-refractivity contribution is 7.10. The van der Waals surface area contributed by atoms with Crippen molar-refractivity contribution in [1.82, 2.24) is 19.6 Å². The van der Waals surface area contributed by atoms with Gasteiger partial charge in [0.2, 0.25) is 11.8 Å². The average molecular weight is 409 g/mol. The Morgan fingerprint density at radius 3 is 2.79 bits per heavy atom. The maximum absolute atomic E-state index is 13.1. The Bertz CT molecular complexity index is 968. The lowest BCUT2D eigenvalue weighted by atomic mass is 10.1. The first-order valence-corrected chi connectivity index (χ1v) is 10.7. The molecule has 150 valence electrons. The number of benzene rings is 1. The van der Waals surface area contributed by atoms with Crippen LogP contribution in [0.4, 0.5) is 0 Å². The highest BCUT2D eigenvalue weighted by Gasteiger charge is 2.35. The lowest BCUT2D eigenvalue weighted by molar-refractivity contribution is -0.143. The molecule has 3 aromatic rings. The Labute approximate surface area is 174 Å². The highest BCUT2D eigenvalue weighted by atomic mass is 32.1. The van der Waals surface area contributed by atoms with E-state index < -0.39 is 0 Å². The van der Waals surface area contributed by atoms with E-state index in [4.69, 9.17) is 0 Å². The molecule has 1 atom stereocenters. The van der Waals surface area contributed by atoms with Crippen LogP contribution in [0.25, 0.3) is 5.69 Å². The summed E-state index contributed by atoms with van der Waals surface area (Å²) in [6, 6.07) is 13.4. The highest BCUT2D eigenvalue weighted by Crippen LogP contribution is 2.22. The molecule has 1 unspecified atom stereocenters. The minimum atomic E-state index is -0.364. The van der Waals surface area contributed by atoms with E-state index in [9.17, 15) is 9.59 Å². The Morgan fingerprint density at radius 1 is 1.21 bits per heavy atom. The number of thiophene rings is 1. The van der Waals surface area contributed by atoms with Crippen LogP contribution >= 0.6 is 11.3 Å². The molecule has 4 rings (SSSR count). The lowest BCUT2D eigenvalue weighted by Gasteiger charge is -2.28. The van der Waals surface area contributed by atoms with Gasteiger partial charge in [-0.1, -0.05) is 24.3 Å². The van der Waals surface area contributed by atoms with Gasteiger partial charge in [-0.15, -0.1) is 11.3 Å². The summed E-state index contributed by atoms with van der Waals surface area (Å²) in [6.07, 6.45) is 5.68. The molecule has 7 heteroatoms. The van der Waals surface area contributed by atoms with Gasteiger partial charge in [0.05, 0.1) is 18.3 Å². The largest absolute Gasteiger partial charge is 0.340 e. The van der Waals surface area contributed by atoms with E-state index in [-0.39, 0.29) is 17.9 Å². The summed E-state index contributed by atoms with van der Waals surface area (Å²) >= 11 is 1.58. The van der Waals surface area contributed by atoms with Crippen LogP contribution in [-0.2, 0) is 22.6 Å². The zero-order valence-electron chi connectivity index (χ0n) is 16.4. The molecule has 6 nitrogen and oxygen atoms in total. The smallest absolute Gasteiger partial charge is 0.245 e. The molecule has 1 aliphatic heterocycles. The van der Waals surface area contributed by atoms with Crippen LogP contribution in [0.2, 0.25) is 0 Å². The van der Waals surface area contributed by atoms with Crippen molar-refractivity contribution in [2.24, 2.45) is 0 Å². The van der Waals surface area contributed by atoms with Crippen LogP contribution in [0.15, 0.2) is 60.2 Å². The topological polar surface area (TPSA) is 58.4 Å². The van der Waals surface area contributed by atoms with Crippen molar-refractivity contribution in [3.63, 3.8) is 0 Å². The van der Waals surface area contributed by atoms with E-state index in [0.29, 0.717) is 19.5 Å². The molecule has 0 spiro atoms. The van der Waals surface area contributed by atoms with E-state index >= 15 is 0 Å². The SMILES string of the molecule is CN(Cc1cnn(-c2ccccc2)c1)C(=O)C1CCCN1C(=O)Cc1cccs1. The maximum Gasteiger partial charge on any atom is 0.245 e. The van der Waals surface area contributed by atoms with Gasteiger partial charge in [0.15, 0.2) is 0 Å². The number of rotatable bonds is 6. The predicted molar refractivity (Wildman–Crippen MR) is 113 cm³/mol. The first kappa shape index (κ1) is 19.4. The van der Waals surface area contributed by atoms with Crippen LogP contribution in [0.5, 0.6) is 0 Å². The zero-order valence-corrected chi connectivity index (χ0v) is 17.2. The van der Waals surface area contributed by atoms with Crippen LogP contribution in [0.3, 0.4) is 0 Å². The number of carbonyl (C=O) groups excluding carboxylic acids is 2. The van der Waals surface area contributed by atoms with Gasteiger partial charge < -0.3 is 9.80 Å². The summed E-state index contributed by atoms with van der Waals surface area (Å²) in [5.74, 6) is 0.0306. The van der Waals surface area contributed by atoms with Crippen LogP contribution in [0.1, 0.15) is 23.3 Å². The first-order chi connectivity index (χ1) is 14.1. The number of hydrogen-bond donors (Lipinski definition) is 0. The Balaban J connectivity index is 1.39. The van der Waals surface area contributed by atoms with Crippen molar-refractivity contribution in [3.8, 4) is 5.69 Å². The van der Waals surface area contributed by atoms with E-state index in [0.717, 1.165) is 29.0 Å². The van der Waals surface area contributed by atoms with E-state index in [1.165, 1.54) is 0 Å². The lowest BCUT2D eigenvalue weighted by Crippen LogP contribution is -2.46. The molecule has 1 saturated heterocycles. The van der Waals surface area contributed by atoms with Gasteiger partial charge in [-0.3, -0.25) is 9.59 Å². The number of likely N-dealkylation sites (N-methyl/N-ethyl adjacent to an activating group) is 1. The number of hydrogen-bond acceptors (Lipinski definition) is 4. The van der Waals surface area contributed by atoms with Gasteiger partial charge in [-0.2, -0.15) is 5.10 Å². The molecule has 29 heavy (non-hydrogen) atoms. The van der Waals surface area contributed by atoms with Crippen molar-refractivity contribution >= 4 is 23.2 Å². The van der Waals surface area contributed by atoms with E-state index in [2.05, 4.69) is 5.10 Å². The number of carbonyl (C=O) groups is 2. The fourth-order valence-corrected chi connectivity index (χ4v) is 4.45. The van der Waals surface area contributed by atoms with E-state index in [1.807, 2.05) is 54.0 Å². The molecule has 0 bridgehead atoms. The summed E-state index contributed by atoms with van der Waals surface area (Å²) in [5.41, 5.74) is 1.94. The molecule has 1 aromatic carbocycles. The third-order valence-electron chi connectivity index (χ3n) is 5.22. The van der Waals surface area contributed by atoms with Crippen molar-refractivity contribution in [1.29, 1.82) is 0 Å². The van der Waals surface area contributed by atoms with E-state index in [1.54, 1.807) is 39.1 Å². The first-order valence-electron chi connectivity index (χ1n) is 9.77. The normalized spacial score (nSPS) is 16.2. The van der Waals surface area contributed by atoms with Gasteiger partial charge in [0.1, 0.15) is 6.04 Å². The molecular weight excluding hydrogens is 384 g/mol. The summed E-state index contributed by atoms with van der Waals surface area (Å²) in [7, 11) is 1.79. The van der Waals surface area contributed by atoms with Gasteiger partial charge >= 0.3 is 0 Å². The second-order valence-corrected chi connectivity index (χ2v) is 8.36. The summed E-state index contributed by atoms with van der Waals surface area (Å²) in [4.78, 5) is 30.3. The number of para-hydroxylation sites is 1. The molecule has 2 amide bonds. The second-order valence-electron chi connectivity index (χ2n) is 7.32. The van der Waals surface area contributed by atoms with Gasteiger partial charge in [0, 0.05) is 36.8 Å². The molecule has 0 saturated carbocycles. The number of aromatic nitrogens is 2. The summed E-state index contributed by atoms with van der Waals surface area (Å²) in [6.45, 7) is 1.12. The van der Waals surface area contributed by atoms with Crippen LogP contribution in [-0.4, -0.2) is 51.0 Å². The molecule has 0 aliphatic carbocycles. The molecule has 1 fully saturated rings. The summed E-state index contributed by atoms with van der Waals surface area (Å²) < 4.78 is 1.81. The fraction of sp³-hybridized carbons (Fsp3) is 0.318. The number of nitrogens with zero attached hydrogens (tertiary/aromatic N) is 4. The Morgan fingerprint density at radius 2 is 2.03 bits per heavy atom. The predicted octanol–water partition coefficient (Wildman–Crippen LogP) is 3.13. The molecule has 0 radical (unpaired) electrons. The quantitative estimate of drug-likeness (QED) is 0.630. The van der Waals surface area contributed by atoms with Crippen LogP contribution in [0, 0.1) is 0 Å². The third-order valence-corrected chi connectivity index (χ3v) is 6.09. The van der Waals surface area contributed by atoms with Gasteiger partial charge in [0.25, 0.3) is 0 Å². The molecule has 3 heterocycles. The molecule has 1 aliphatic rings. The monoisotopic (exact) mass is 408 g/mol. The van der Waals surface area contributed by atoms with Crippen molar-refractivity contribution in [2.75, 3.05) is 13.6 Å². The Kier molecular flexibility index (Phi) is 5.76. The molecule has 2 aromatic heterocycles. The fourth-order valence-electron chi connectivity index (χ4n) is 3.76. The van der Waals surface area contributed by atoms with Gasteiger partial charge in [-0.25, -0.2) is 4.68 Å². The molecule has 0 N–H and O–H groups in total. The minimum absolute atomic E-state index is 0.00510. The third kappa shape index (κ3) is 4.40. The van der Waals surface area contributed by atoms with Crippen molar-refractivity contribution < 1.29 is 9.59 Å². The zero-order chi connectivity index (χ0) is 20.2.